The molecule has 8 heteroatoms. The van der Waals surface area contributed by atoms with E-state index >= 15 is 0 Å². The fraction of sp³-hybridized carbons (Fsp3) is 0.214. The molecule has 1 aromatic rings. The molecule has 0 aliphatic heterocycles. The van der Waals surface area contributed by atoms with E-state index in [2.05, 4.69) is 4.74 Å². The molecule has 1 atom stereocenters. The number of carboxylic acid groups (broad SMARTS) is 1. The van der Waals surface area contributed by atoms with Gasteiger partial charge in [-0.05, 0) is 23.8 Å². The summed E-state index contributed by atoms with van der Waals surface area (Å²) in [6.45, 7) is 0. The number of aromatic hydroxyl groups is 1. The molecule has 1 aromatic carbocycles. The van der Waals surface area contributed by atoms with Crippen molar-refractivity contribution in [2.75, 3.05) is 7.11 Å². The summed E-state index contributed by atoms with van der Waals surface area (Å²) in [4.78, 5) is 32.9. The number of carbonyl (C=O) groups excluding carboxylic acids is 2. The molecule has 0 aliphatic rings. The lowest BCUT2D eigenvalue weighted by Crippen LogP contribution is -2.28. The molecule has 0 aliphatic carbocycles. The van der Waals surface area contributed by atoms with E-state index in [4.69, 9.17) is 9.84 Å². The fourth-order valence-electron chi connectivity index (χ4n) is 1.37. The second kappa shape index (κ2) is 7.79. The molecule has 1 rings (SSSR count). The van der Waals surface area contributed by atoms with Crippen LogP contribution < -0.4 is 4.74 Å². The normalized spacial score (nSPS) is 11.9. The molecular formula is C14H14O8. The molecule has 0 amide bonds. The van der Waals surface area contributed by atoms with Crippen molar-refractivity contribution in [2.45, 2.75) is 12.5 Å². The first kappa shape index (κ1) is 17.2. The molecule has 22 heavy (non-hydrogen) atoms. The smallest absolute Gasteiger partial charge is 0.341 e. The Morgan fingerprint density at radius 3 is 2.59 bits per heavy atom. The molecule has 0 aromatic heterocycles. The van der Waals surface area contributed by atoms with Crippen LogP contribution in [0.25, 0.3) is 6.08 Å². The molecular weight excluding hydrogens is 296 g/mol. The number of methoxy groups -OCH3 is 1. The lowest BCUT2D eigenvalue weighted by molar-refractivity contribution is -0.151. The van der Waals surface area contributed by atoms with E-state index < -0.39 is 30.4 Å². The zero-order chi connectivity index (χ0) is 16.7. The Morgan fingerprint density at radius 2 is 2.00 bits per heavy atom. The quantitative estimate of drug-likeness (QED) is 0.389. The molecule has 0 heterocycles. The van der Waals surface area contributed by atoms with Crippen LogP contribution in [0.15, 0.2) is 24.3 Å². The van der Waals surface area contributed by atoms with E-state index in [0.717, 1.165) is 6.08 Å². The Hall–Kier alpha value is -2.87. The Morgan fingerprint density at radius 1 is 1.32 bits per heavy atom. The Kier molecular flexibility index (Phi) is 6.09. The Bertz CT molecular complexity index is 605. The van der Waals surface area contributed by atoms with Gasteiger partial charge in [-0.25, -0.2) is 9.59 Å². The number of aliphatic hydroxyl groups excluding tert-OH is 1. The van der Waals surface area contributed by atoms with Gasteiger partial charge in [-0.1, -0.05) is 6.07 Å². The third-order valence-corrected chi connectivity index (χ3v) is 2.45. The summed E-state index contributed by atoms with van der Waals surface area (Å²) in [7, 11) is 1.21. The molecule has 3 N–H and O–H groups in total. The maximum Gasteiger partial charge on any atom is 0.341 e. The van der Waals surface area contributed by atoms with Gasteiger partial charge in [0.1, 0.15) is 0 Å². The van der Waals surface area contributed by atoms with Crippen molar-refractivity contribution in [3.8, 4) is 11.5 Å². The highest BCUT2D eigenvalue weighted by Crippen LogP contribution is 2.28. The highest BCUT2D eigenvalue weighted by atomic mass is 16.6. The number of hydrogen-bond donors (Lipinski definition) is 3. The van der Waals surface area contributed by atoms with Crippen molar-refractivity contribution < 1.29 is 39.2 Å². The van der Waals surface area contributed by atoms with E-state index in [9.17, 15) is 24.6 Å². The van der Waals surface area contributed by atoms with Crippen LogP contribution in [0.3, 0.4) is 0 Å². The average molecular weight is 310 g/mol. The van der Waals surface area contributed by atoms with Gasteiger partial charge in [-0.2, -0.15) is 0 Å². The van der Waals surface area contributed by atoms with Gasteiger partial charge < -0.3 is 24.8 Å². The molecule has 0 saturated carbocycles. The molecule has 0 fully saturated rings. The number of esters is 2. The van der Waals surface area contributed by atoms with Gasteiger partial charge in [0.05, 0.1) is 13.5 Å². The van der Waals surface area contributed by atoms with Crippen LogP contribution in [-0.4, -0.2) is 46.4 Å². The monoisotopic (exact) mass is 310 g/mol. The van der Waals surface area contributed by atoms with Crippen LogP contribution in [0.2, 0.25) is 0 Å². The number of phenols is 1. The Balaban J connectivity index is 2.86. The summed E-state index contributed by atoms with van der Waals surface area (Å²) in [6, 6.07) is 3.89. The number of benzene rings is 1. The summed E-state index contributed by atoms with van der Waals surface area (Å²) >= 11 is 0. The third kappa shape index (κ3) is 5.25. The fourth-order valence-corrected chi connectivity index (χ4v) is 1.37. The standard InChI is InChI=1S/C14H14O8/c1-21-13(19)5-3-8-2-4-9(15)11(6-8)22-14(20)10(16)7-12(17)18/h2-6,10,15-16H,7H2,1H3,(H,17,18)/b5-3+. The van der Waals surface area contributed by atoms with Crippen molar-refractivity contribution in [3.63, 3.8) is 0 Å². The van der Waals surface area contributed by atoms with E-state index in [1.807, 2.05) is 0 Å². The zero-order valence-electron chi connectivity index (χ0n) is 11.6. The summed E-state index contributed by atoms with van der Waals surface area (Å²) in [5.41, 5.74) is 0.415. The summed E-state index contributed by atoms with van der Waals surface area (Å²) in [5, 5.41) is 27.4. The van der Waals surface area contributed by atoms with Crippen molar-refractivity contribution in [2.24, 2.45) is 0 Å². The largest absolute Gasteiger partial charge is 0.504 e. The van der Waals surface area contributed by atoms with Gasteiger partial charge in [-0.15, -0.1) is 0 Å². The second-order valence-electron chi connectivity index (χ2n) is 4.12. The minimum absolute atomic E-state index is 0.276. The maximum atomic E-state index is 11.5. The van der Waals surface area contributed by atoms with Gasteiger partial charge in [-0.3, -0.25) is 4.79 Å². The minimum Gasteiger partial charge on any atom is -0.504 e. The van der Waals surface area contributed by atoms with Crippen molar-refractivity contribution >= 4 is 24.0 Å². The topological polar surface area (TPSA) is 130 Å². The van der Waals surface area contributed by atoms with E-state index in [1.165, 1.54) is 31.4 Å². The van der Waals surface area contributed by atoms with Crippen molar-refractivity contribution in [1.82, 2.24) is 0 Å². The number of hydrogen-bond acceptors (Lipinski definition) is 7. The number of aliphatic hydroxyl groups is 1. The summed E-state index contributed by atoms with van der Waals surface area (Å²) in [5.74, 6) is -3.84. The predicted octanol–water partition coefficient (Wildman–Crippen LogP) is 0.319. The third-order valence-electron chi connectivity index (χ3n) is 2.45. The molecule has 0 radical (unpaired) electrons. The SMILES string of the molecule is COC(=O)/C=C/c1ccc(O)c(OC(=O)C(O)CC(=O)O)c1. The van der Waals surface area contributed by atoms with Crippen molar-refractivity contribution in [3.05, 3.63) is 29.8 Å². The van der Waals surface area contributed by atoms with Gasteiger partial charge >= 0.3 is 17.9 Å². The van der Waals surface area contributed by atoms with Crippen LogP contribution in [-0.2, 0) is 19.1 Å². The highest BCUT2D eigenvalue weighted by Gasteiger charge is 2.21. The van der Waals surface area contributed by atoms with Crippen LogP contribution in [0.4, 0.5) is 0 Å². The van der Waals surface area contributed by atoms with Gasteiger partial charge in [0.25, 0.3) is 0 Å². The molecule has 1 unspecified atom stereocenters. The summed E-state index contributed by atoms with van der Waals surface area (Å²) < 4.78 is 9.14. The number of aliphatic carboxylic acids is 1. The number of carbonyl (C=O) groups is 3. The van der Waals surface area contributed by atoms with Crippen LogP contribution in [0.1, 0.15) is 12.0 Å². The predicted molar refractivity (Wildman–Crippen MR) is 73.1 cm³/mol. The van der Waals surface area contributed by atoms with Crippen LogP contribution in [0, 0.1) is 0 Å². The summed E-state index contributed by atoms with van der Waals surface area (Å²) in [6.07, 6.45) is -0.194. The molecule has 118 valence electrons. The van der Waals surface area contributed by atoms with Crippen molar-refractivity contribution in [1.29, 1.82) is 0 Å². The molecule has 0 bridgehead atoms. The number of ether oxygens (including phenoxy) is 2. The highest BCUT2D eigenvalue weighted by molar-refractivity contribution is 5.87. The van der Waals surface area contributed by atoms with Gasteiger partial charge in [0.2, 0.25) is 0 Å². The van der Waals surface area contributed by atoms with Gasteiger partial charge in [0.15, 0.2) is 17.6 Å². The first-order valence-electron chi connectivity index (χ1n) is 6.04. The number of rotatable bonds is 6. The Labute approximate surface area is 125 Å². The molecule has 0 spiro atoms. The lowest BCUT2D eigenvalue weighted by atomic mass is 10.2. The number of phenolic OH excluding ortho intramolecular Hbond substituents is 1. The van der Waals surface area contributed by atoms with E-state index in [-0.39, 0.29) is 11.5 Å². The molecule has 8 nitrogen and oxygen atoms in total. The lowest BCUT2D eigenvalue weighted by Gasteiger charge is -2.10. The average Bonchev–Trinajstić information content (AvgIpc) is 2.46. The first-order chi connectivity index (χ1) is 10.3. The number of carboxylic acids is 1. The first-order valence-corrected chi connectivity index (χ1v) is 6.04. The zero-order valence-corrected chi connectivity index (χ0v) is 11.6. The maximum absolute atomic E-state index is 11.5. The molecule has 0 saturated heterocycles. The van der Waals surface area contributed by atoms with Gasteiger partial charge in [0, 0.05) is 6.08 Å². The minimum atomic E-state index is -1.86. The van der Waals surface area contributed by atoms with Crippen LogP contribution >= 0.6 is 0 Å². The van der Waals surface area contributed by atoms with Crippen LogP contribution in [0.5, 0.6) is 11.5 Å². The van der Waals surface area contributed by atoms with E-state index in [1.54, 1.807) is 0 Å². The second-order valence-corrected chi connectivity index (χ2v) is 4.12. The van der Waals surface area contributed by atoms with E-state index in [0.29, 0.717) is 5.56 Å².